The van der Waals surface area contributed by atoms with Crippen LogP contribution in [-0.2, 0) is 0 Å². The fourth-order valence-electron chi connectivity index (χ4n) is 2.22. The molecule has 0 saturated heterocycles. The van der Waals surface area contributed by atoms with E-state index in [4.69, 9.17) is 4.74 Å². The molecule has 0 fully saturated rings. The van der Waals surface area contributed by atoms with Gasteiger partial charge in [0.25, 0.3) is 5.56 Å². The van der Waals surface area contributed by atoms with Crippen molar-refractivity contribution in [2.45, 2.75) is 0 Å². The average molecular weight is 336 g/mol. The molecule has 1 N–H and O–H groups in total. The van der Waals surface area contributed by atoms with Crippen molar-refractivity contribution in [3.05, 3.63) is 63.4 Å². The van der Waals surface area contributed by atoms with Gasteiger partial charge in [-0.05, 0) is 35.9 Å². The summed E-state index contributed by atoms with van der Waals surface area (Å²) in [5, 5.41) is 20.0. The van der Waals surface area contributed by atoms with E-state index in [1.54, 1.807) is 30.3 Å². The summed E-state index contributed by atoms with van der Waals surface area (Å²) in [7, 11) is 1.45. The molecule has 0 aliphatic rings. The van der Waals surface area contributed by atoms with Crippen LogP contribution in [0, 0.1) is 11.3 Å². The zero-order valence-corrected chi connectivity index (χ0v) is 13.5. The molecule has 0 unspecified atom stereocenters. The Kier molecular flexibility index (Phi) is 4.27. The lowest BCUT2D eigenvalue weighted by Gasteiger charge is -2.04. The molecule has 0 radical (unpaired) electrons. The minimum Gasteiger partial charge on any atom is -0.504 e. The number of rotatable bonds is 3. The van der Waals surface area contributed by atoms with E-state index in [2.05, 4.69) is 11.1 Å². The van der Waals surface area contributed by atoms with Gasteiger partial charge in [0, 0.05) is 4.70 Å². The molecule has 1 aromatic heterocycles. The number of nitrogens with zero attached hydrogens (tertiary/aromatic N) is 2. The number of fused-ring (bicyclic) bond motifs is 1. The number of benzene rings is 2. The molecule has 0 atom stereocenters. The predicted octanol–water partition coefficient (Wildman–Crippen LogP) is 3.43. The van der Waals surface area contributed by atoms with Gasteiger partial charge in [0.15, 0.2) is 11.5 Å². The van der Waals surface area contributed by atoms with Crippen LogP contribution >= 0.6 is 11.3 Å². The Bertz CT molecular complexity index is 1050. The lowest BCUT2D eigenvalue weighted by molar-refractivity contribution is 0.373. The predicted molar refractivity (Wildman–Crippen MR) is 94.0 cm³/mol. The molecule has 6 heteroatoms. The Morgan fingerprint density at radius 3 is 2.88 bits per heavy atom. The highest BCUT2D eigenvalue weighted by Gasteiger charge is 2.10. The van der Waals surface area contributed by atoms with Crippen LogP contribution in [0.1, 0.15) is 10.6 Å². The third-order valence-corrected chi connectivity index (χ3v) is 4.47. The molecule has 2 aromatic carbocycles. The van der Waals surface area contributed by atoms with E-state index >= 15 is 0 Å². The van der Waals surface area contributed by atoms with Crippen molar-refractivity contribution in [2.24, 2.45) is 0 Å². The Morgan fingerprint density at radius 1 is 1.33 bits per heavy atom. The maximum Gasteiger partial charge on any atom is 0.279 e. The summed E-state index contributed by atoms with van der Waals surface area (Å²) in [5.74, 6) is 0.322. The van der Waals surface area contributed by atoms with Gasteiger partial charge in [0.2, 0.25) is 0 Å². The molecular formula is C18H12N2O3S. The summed E-state index contributed by atoms with van der Waals surface area (Å²) in [6.07, 6.45) is 1.61. The number of aromatic hydroxyl groups is 1. The number of nitriles is 1. The highest BCUT2D eigenvalue weighted by Crippen LogP contribution is 2.29. The minimum atomic E-state index is -0.358. The van der Waals surface area contributed by atoms with Gasteiger partial charge in [0.1, 0.15) is 11.1 Å². The standard InChI is InChI=1S/C18H12N2O3S/c1-23-15-9-11(6-7-14(15)21)8-12(10-19)18-20-17(22)13-4-2-3-5-16(13)24-18/h2-9,21H,1H3. The van der Waals surface area contributed by atoms with Gasteiger partial charge in [-0.1, -0.05) is 18.2 Å². The van der Waals surface area contributed by atoms with Crippen molar-refractivity contribution in [1.82, 2.24) is 4.98 Å². The Morgan fingerprint density at radius 2 is 2.12 bits per heavy atom. The first-order valence-electron chi connectivity index (χ1n) is 7.01. The van der Waals surface area contributed by atoms with E-state index in [-0.39, 0.29) is 16.9 Å². The van der Waals surface area contributed by atoms with E-state index in [9.17, 15) is 15.2 Å². The minimum absolute atomic E-state index is 0.0154. The number of phenolic OH excluding ortho intramolecular Hbond substituents is 1. The Labute approximate surface area is 141 Å². The van der Waals surface area contributed by atoms with Crippen molar-refractivity contribution in [1.29, 1.82) is 5.26 Å². The summed E-state index contributed by atoms with van der Waals surface area (Å²) in [6, 6.07) is 14.0. The van der Waals surface area contributed by atoms with Gasteiger partial charge in [-0.3, -0.25) is 4.79 Å². The molecule has 3 aromatic rings. The van der Waals surface area contributed by atoms with Crippen molar-refractivity contribution < 1.29 is 9.84 Å². The second kappa shape index (κ2) is 6.52. The smallest absolute Gasteiger partial charge is 0.279 e. The van der Waals surface area contributed by atoms with Crippen LogP contribution in [0.25, 0.3) is 21.7 Å². The highest BCUT2D eigenvalue weighted by atomic mass is 32.1. The van der Waals surface area contributed by atoms with E-state index in [0.717, 1.165) is 4.70 Å². The molecule has 0 aliphatic carbocycles. The molecule has 0 spiro atoms. The van der Waals surface area contributed by atoms with E-state index in [0.29, 0.717) is 21.7 Å². The fourth-order valence-corrected chi connectivity index (χ4v) is 3.18. The van der Waals surface area contributed by atoms with Crippen molar-refractivity contribution in [3.8, 4) is 17.6 Å². The maximum atomic E-state index is 12.1. The highest BCUT2D eigenvalue weighted by molar-refractivity contribution is 7.19. The zero-order valence-electron chi connectivity index (χ0n) is 12.7. The van der Waals surface area contributed by atoms with Crippen molar-refractivity contribution >= 4 is 33.1 Å². The third kappa shape index (κ3) is 2.98. The summed E-state index contributed by atoms with van der Waals surface area (Å²) in [4.78, 5) is 16.1. The van der Waals surface area contributed by atoms with Crippen molar-refractivity contribution in [2.75, 3.05) is 7.11 Å². The van der Waals surface area contributed by atoms with Crippen LogP contribution < -0.4 is 10.3 Å². The van der Waals surface area contributed by atoms with Gasteiger partial charge in [-0.15, -0.1) is 11.3 Å². The number of methoxy groups -OCH3 is 1. The summed E-state index contributed by atoms with van der Waals surface area (Å²) in [5.41, 5.74) is 0.579. The number of hydrogen-bond acceptors (Lipinski definition) is 6. The quantitative estimate of drug-likeness (QED) is 0.741. The molecule has 118 valence electrons. The second-order valence-corrected chi connectivity index (χ2v) is 5.95. The maximum absolute atomic E-state index is 12.1. The van der Waals surface area contributed by atoms with E-state index in [1.807, 2.05) is 12.1 Å². The molecule has 5 nitrogen and oxygen atoms in total. The second-order valence-electron chi connectivity index (χ2n) is 4.92. The number of ether oxygens (including phenoxy) is 1. The fraction of sp³-hybridized carbons (Fsp3) is 0.0556. The van der Waals surface area contributed by atoms with Gasteiger partial charge in [-0.25, -0.2) is 0 Å². The number of aromatic nitrogens is 1. The largest absolute Gasteiger partial charge is 0.504 e. The molecule has 0 saturated carbocycles. The first-order chi connectivity index (χ1) is 11.6. The average Bonchev–Trinajstić information content (AvgIpc) is 2.61. The van der Waals surface area contributed by atoms with Gasteiger partial charge in [-0.2, -0.15) is 10.2 Å². The lowest BCUT2D eigenvalue weighted by Crippen LogP contribution is -2.07. The van der Waals surface area contributed by atoms with Gasteiger partial charge < -0.3 is 9.84 Å². The number of phenols is 1. The molecule has 0 aliphatic heterocycles. The third-order valence-electron chi connectivity index (χ3n) is 3.39. The Balaban J connectivity index is 2.12. The molecule has 0 bridgehead atoms. The molecule has 24 heavy (non-hydrogen) atoms. The molecule has 0 amide bonds. The normalized spacial score (nSPS) is 11.2. The van der Waals surface area contributed by atoms with Gasteiger partial charge >= 0.3 is 0 Å². The molecular weight excluding hydrogens is 324 g/mol. The lowest BCUT2D eigenvalue weighted by atomic mass is 10.1. The number of hydrogen-bond donors (Lipinski definition) is 1. The van der Waals surface area contributed by atoms with Crippen LogP contribution in [0.2, 0.25) is 0 Å². The summed E-state index contributed by atoms with van der Waals surface area (Å²) < 4.78 is 5.83. The Hall–Kier alpha value is -3.17. The molecule has 1 heterocycles. The summed E-state index contributed by atoms with van der Waals surface area (Å²) >= 11 is 1.28. The van der Waals surface area contributed by atoms with Crippen LogP contribution in [0.3, 0.4) is 0 Å². The van der Waals surface area contributed by atoms with E-state index in [1.165, 1.54) is 24.5 Å². The van der Waals surface area contributed by atoms with Crippen LogP contribution in [0.5, 0.6) is 11.5 Å². The molecule has 3 rings (SSSR count). The number of allylic oxidation sites excluding steroid dienone is 1. The first-order valence-corrected chi connectivity index (χ1v) is 7.83. The van der Waals surface area contributed by atoms with Crippen LogP contribution in [-0.4, -0.2) is 17.2 Å². The monoisotopic (exact) mass is 336 g/mol. The van der Waals surface area contributed by atoms with E-state index < -0.39 is 0 Å². The first kappa shape index (κ1) is 15.7. The van der Waals surface area contributed by atoms with Gasteiger partial charge in [0.05, 0.1) is 18.1 Å². The zero-order chi connectivity index (χ0) is 17.1. The summed E-state index contributed by atoms with van der Waals surface area (Å²) in [6.45, 7) is 0. The van der Waals surface area contributed by atoms with Crippen molar-refractivity contribution in [3.63, 3.8) is 0 Å². The SMILES string of the molecule is COc1cc(C=C(C#N)c2nc(=O)c3ccccc3s2)ccc1O. The van der Waals surface area contributed by atoms with Crippen LogP contribution in [0.4, 0.5) is 0 Å². The van der Waals surface area contributed by atoms with Crippen LogP contribution in [0.15, 0.2) is 47.3 Å². The topological polar surface area (TPSA) is 83.2 Å².